The standard InChI is InChI=1S/C22H29ClN4O4/c1-4-27-18(14-25-9-11-26(12-10-25)15(3)28)19(21(29)31-5-2)20(24-22(27)30)16-7-6-8-17(23)13-16/h6-8,13,20H,4-5,9-12,14H2,1-3H3,(H,24,30)/t20-/m1/s1. The smallest absolute Gasteiger partial charge is 0.338 e. The van der Waals surface area contributed by atoms with Crippen molar-refractivity contribution in [2.75, 3.05) is 45.9 Å². The van der Waals surface area contributed by atoms with Crippen LogP contribution in [0.1, 0.15) is 32.4 Å². The molecule has 1 aromatic carbocycles. The summed E-state index contributed by atoms with van der Waals surface area (Å²) in [5.41, 5.74) is 1.77. The number of ether oxygens (including phenoxy) is 1. The summed E-state index contributed by atoms with van der Waals surface area (Å²) in [4.78, 5) is 43.2. The van der Waals surface area contributed by atoms with E-state index < -0.39 is 12.0 Å². The first-order valence-electron chi connectivity index (χ1n) is 10.6. The highest BCUT2D eigenvalue weighted by atomic mass is 35.5. The van der Waals surface area contributed by atoms with Crippen molar-refractivity contribution < 1.29 is 19.1 Å². The molecule has 1 aromatic rings. The van der Waals surface area contributed by atoms with Crippen LogP contribution >= 0.6 is 11.6 Å². The Labute approximate surface area is 187 Å². The van der Waals surface area contributed by atoms with Crippen LogP contribution in [-0.4, -0.2) is 78.5 Å². The van der Waals surface area contributed by atoms with Crippen molar-refractivity contribution in [3.05, 3.63) is 46.1 Å². The Hall–Kier alpha value is -2.58. The number of urea groups is 1. The average molecular weight is 449 g/mol. The maximum absolute atomic E-state index is 13.1. The number of likely N-dealkylation sites (N-methyl/N-ethyl adjacent to an activating group) is 1. The molecule has 0 spiro atoms. The highest BCUT2D eigenvalue weighted by Crippen LogP contribution is 2.33. The van der Waals surface area contributed by atoms with E-state index in [2.05, 4.69) is 10.2 Å². The van der Waals surface area contributed by atoms with Crippen LogP contribution in [0.4, 0.5) is 4.79 Å². The van der Waals surface area contributed by atoms with Crippen LogP contribution in [-0.2, 0) is 14.3 Å². The Kier molecular flexibility index (Phi) is 7.56. The predicted octanol–water partition coefficient (Wildman–Crippen LogP) is 2.41. The van der Waals surface area contributed by atoms with Gasteiger partial charge in [-0.1, -0.05) is 23.7 Å². The molecule has 0 unspecified atom stereocenters. The quantitative estimate of drug-likeness (QED) is 0.676. The van der Waals surface area contributed by atoms with Crippen molar-refractivity contribution in [3.8, 4) is 0 Å². The summed E-state index contributed by atoms with van der Waals surface area (Å²) >= 11 is 6.18. The van der Waals surface area contributed by atoms with Gasteiger partial charge in [-0.25, -0.2) is 9.59 Å². The molecule has 0 saturated carbocycles. The van der Waals surface area contributed by atoms with E-state index >= 15 is 0 Å². The fourth-order valence-electron chi connectivity index (χ4n) is 4.03. The first-order chi connectivity index (χ1) is 14.8. The summed E-state index contributed by atoms with van der Waals surface area (Å²) in [5.74, 6) is -0.400. The van der Waals surface area contributed by atoms with Gasteiger partial charge in [-0.05, 0) is 31.5 Å². The van der Waals surface area contributed by atoms with Gasteiger partial charge in [0.1, 0.15) is 0 Å². The Morgan fingerprint density at radius 1 is 1.19 bits per heavy atom. The predicted molar refractivity (Wildman–Crippen MR) is 117 cm³/mol. The number of amides is 3. The zero-order chi connectivity index (χ0) is 22.5. The number of carbonyl (C=O) groups excluding carboxylic acids is 3. The van der Waals surface area contributed by atoms with Crippen molar-refractivity contribution in [1.29, 1.82) is 0 Å². The molecule has 31 heavy (non-hydrogen) atoms. The molecule has 168 valence electrons. The fourth-order valence-corrected chi connectivity index (χ4v) is 4.23. The normalized spacial score (nSPS) is 20.0. The Bertz CT molecular complexity index is 880. The van der Waals surface area contributed by atoms with Gasteiger partial charge in [0.25, 0.3) is 0 Å². The summed E-state index contributed by atoms with van der Waals surface area (Å²) in [6.07, 6.45) is 0. The molecule has 0 radical (unpaired) electrons. The molecular weight excluding hydrogens is 420 g/mol. The average Bonchev–Trinajstić information content (AvgIpc) is 2.74. The van der Waals surface area contributed by atoms with Gasteiger partial charge >= 0.3 is 12.0 Å². The van der Waals surface area contributed by atoms with Crippen LogP contribution < -0.4 is 5.32 Å². The third kappa shape index (κ3) is 5.19. The zero-order valence-electron chi connectivity index (χ0n) is 18.2. The van der Waals surface area contributed by atoms with E-state index in [-0.39, 0.29) is 18.5 Å². The minimum Gasteiger partial charge on any atom is -0.463 e. The molecule has 2 heterocycles. The number of halogens is 1. The molecule has 2 aliphatic heterocycles. The van der Waals surface area contributed by atoms with Gasteiger partial charge in [0.15, 0.2) is 0 Å². The molecule has 1 N–H and O–H groups in total. The van der Waals surface area contributed by atoms with Gasteiger partial charge in [-0.2, -0.15) is 0 Å². The van der Waals surface area contributed by atoms with E-state index in [0.29, 0.717) is 55.6 Å². The highest BCUT2D eigenvalue weighted by molar-refractivity contribution is 6.30. The fraction of sp³-hybridized carbons (Fsp3) is 0.500. The lowest BCUT2D eigenvalue weighted by molar-refractivity contribution is -0.139. The van der Waals surface area contributed by atoms with Crippen LogP contribution in [0.2, 0.25) is 5.02 Å². The van der Waals surface area contributed by atoms with Crippen LogP contribution in [0, 0.1) is 0 Å². The molecule has 9 heteroatoms. The van der Waals surface area contributed by atoms with Gasteiger partial charge in [0, 0.05) is 56.9 Å². The third-order valence-electron chi connectivity index (χ3n) is 5.62. The second kappa shape index (κ2) is 10.2. The maximum atomic E-state index is 13.1. The summed E-state index contributed by atoms with van der Waals surface area (Å²) in [6, 6.07) is 6.20. The number of benzene rings is 1. The molecule has 0 aliphatic carbocycles. The third-order valence-corrected chi connectivity index (χ3v) is 5.86. The van der Waals surface area contributed by atoms with Gasteiger partial charge in [0.05, 0.1) is 18.2 Å². The SMILES string of the molecule is CCOC(=O)C1=C(CN2CCN(C(C)=O)CC2)N(CC)C(=O)N[C@@H]1c1cccc(Cl)c1. The lowest BCUT2D eigenvalue weighted by atomic mass is 9.94. The van der Waals surface area contributed by atoms with Crippen LogP contribution in [0.3, 0.4) is 0 Å². The lowest BCUT2D eigenvalue weighted by Gasteiger charge is -2.40. The van der Waals surface area contributed by atoms with Crippen LogP contribution in [0.15, 0.2) is 35.5 Å². The van der Waals surface area contributed by atoms with Crippen molar-refractivity contribution in [2.45, 2.75) is 26.8 Å². The highest BCUT2D eigenvalue weighted by Gasteiger charge is 2.38. The summed E-state index contributed by atoms with van der Waals surface area (Å²) in [7, 11) is 0. The number of nitrogens with zero attached hydrogens (tertiary/aromatic N) is 3. The molecule has 1 fully saturated rings. The molecule has 0 aromatic heterocycles. The van der Waals surface area contributed by atoms with Gasteiger partial charge in [-0.3, -0.25) is 14.6 Å². The van der Waals surface area contributed by atoms with E-state index in [1.165, 1.54) is 0 Å². The topological polar surface area (TPSA) is 82.2 Å². The molecule has 0 bridgehead atoms. The molecule has 1 atom stereocenters. The Morgan fingerprint density at radius 2 is 1.90 bits per heavy atom. The van der Waals surface area contributed by atoms with Gasteiger partial charge < -0.3 is 15.0 Å². The molecular formula is C22H29ClN4O4. The molecule has 3 rings (SSSR count). The first-order valence-corrected chi connectivity index (χ1v) is 10.9. The minimum atomic E-state index is -0.651. The van der Waals surface area contributed by atoms with E-state index in [0.717, 1.165) is 5.56 Å². The molecule has 8 nitrogen and oxygen atoms in total. The number of esters is 1. The molecule has 3 amide bonds. The van der Waals surface area contributed by atoms with E-state index in [1.54, 1.807) is 41.8 Å². The summed E-state index contributed by atoms with van der Waals surface area (Å²) < 4.78 is 5.38. The van der Waals surface area contributed by atoms with Gasteiger partial charge in [0.2, 0.25) is 5.91 Å². The zero-order valence-corrected chi connectivity index (χ0v) is 18.9. The van der Waals surface area contributed by atoms with Crippen LogP contribution in [0.25, 0.3) is 0 Å². The second-order valence-electron chi connectivity index (χ2n) is 7.54. The van der Waals surface area contributed by atoms with Crippen molar-refractivity contribution in [3.63, 3.8) is 0 Å². The van der Waals surface area contributed by atoms with Crippen molar-refractivity contribution >= 4 is 29.5 Å². The maximum Gasteiger partial charge on any atom is 0.338 e. The number of carbonyl (C=O) groups is 3. The number of piperazine rings is 1. The Morgan fingerprint density at radius 3 is 2.48 bits per heavy atom. The largest absolute Gasteiger partial charge is 0.463 e. The molecule has 2 aliphatic rings. The Balaban J connectivity index is 2.00. The number of nitrogens with one attached hydrogen (secondary N) is 1. The summed E-state index contributed by atoms with van der Waals surface area (Å²) in [5, 5.41) is 3.46. The van der Waals surface area contributed by atoms with E-state index in [9.17, 15) is 14.4 Å². The molecule has 1 saturated heterocycles. The lowest BCUT2D eigenvalue weighted by Crippen LogP contribution is -2.53. The second-order valence-corrected chi connectivity index (χ2v) is 7.98. The minimum absolute atomic E-state index is 0.0549. The first kappa shape index (κ1) is 23.1. The van der Waals surface area contributed by atoms with Gasteiger partial charge in [-0.15, -0.1) is 0 Å². The van der Waals surface area contributed by atoms with Crippen LogP contribution in [0.5, 0.6) is 0 Å². The monoisotopic (exact) mass is 448 g/mol. The van der Waals surface area contributed by atoms with E-state index in [4.69, 9.17) is 16.3 Å². The number of hydrogen-bond donors (Lipinski definition) is 1. The van der Waals surface area contributed by atoms with Crippen molar-refractivity contribution in [1.82, 2.24) is 20.0 Å². The summed E-state index contributed by atoms with van der Waals surface area (Å²) in [6.45, 7) is 8.83. The van der Waals surface area contributed by atoms with Crippen molar-refractivity contribution in [2.24, 2.45) is 0 Å². The van der Waals surface area contributed by atoms with E-state index in [1.807, 2.05) is 13.0 Å². The number of hydrogen-bond acceptors (Lipinski definition) is 5. The number of rotatable bonds is 6.